The van der Waals surface area contributed by atoms with Crippen LogP contribution in [0.2, 0.25) is 0 Å². The van der Waals surface area contributed by atoms with Gasteiger partial charge in [0.15, 0.2) is 0 Å². The van der Waals surface area contributed by atoms with Gasteiger partial charge in [0, 0.05) is 0 Å². The van der Waals surface area contributed by atoms with E-state index in [2.05, 4.69) is 101 Å². The molecule has 0 aliphatic rings. The van der Waals surface area contributed by atoms with Crippen LogP contribution in [0.5, 0.6) is 17.2 Å². The average molecular weight is 873 g/mol. The molecule has 0 saturated carbocycles. The summed E-state index contributed by atoms with van der Waals surface area (Å²) < 4.78 is 38.7. The topological polar surface area (TPSA) is 44.8 Å². The SMILES string of the molecule is CCCCc1cc(CCCC)c(CCCC)c(OP(=O)(Oc2c(C)c(CCCC)cc(CCCC)c2CCCC)Oc2c(C)c(CCCC)cc(CCCC)c2CCCC)c1C. The minimum Gasteiger partial charge on any atom is -0.385 e. The van der Waals surface area contributed by atoms with Crippen LogP contribution in [0.3, 0.4) is 0 Å². The summed E-state index contributed by atoms with van der Waals surface area (Å²) in [4.78, 5) is 0. The Balaban J connectivity index is 2.56. The molecule has 0 fully saturated rings. The summed E-state index contributed by atoms with van der Waals surface area (Å²) in [5, 5.41) is 0. The van der Waals surface area contributed by atoms with E-state index in [1.807, 2.05) is 0 Å². The predicted octanol–water partition coefficient (Wildman–Crippen LogP) is 18.3. The molecule has 350 valence electrons. The Morgan fingerprint density at radius 1 is 0.323 bits per heavy atom. The minimum absolute atomic E-state index is 0.740. The van der Waals surface area contributed by atoms with Crippen molar-refractivity contribution in [1.82, 2.24) is 0 Å². The number of benzene rings is 3. The number of phosphoric ester groups is 1. The molecular weight excluding hydrogens is 780 g/mol. The molecule has 0 aliphatic heterocycles. The molecule has 0 aromatic heterocycles. The molecule has 3 aromatic rings. The molecule has 0 N–H and O–H groups in total. The van der Waals surface area contributed by atoms with Gasteiger partial charge < -0.3 is 13.6 Å². The molecule has 0 heterocycles. The summed E-state index contributed by atoms with van der Waals surface area (Å²) in [5.74, 6) is 2.22. The van der Waals surface area contributed by atoms with Crippen molar-refractivity contribution in [2.45, 2.75) is 256 Å². The number of hydrogen-bond donors (Lipinski definition) is 0. The summed E-state index contributed by atoms with van der Waals surface area (Å²) in [5.41, 5.74) is 14.7. The fourth-order valence-electron chi connectivity index (χ4n) is 9.07. The van der Waals surface area contributed by atoms with Crippen LogP contribution in [0.15, 0.2) is 18.2 Å². The van der Waals surface area contributed by atoms with Crippen molar-refractivity contribution in [3.63, 3.8) is 0 Å². The van der Waals surface area contributed by atoms with Crippen LogP contribution in [-0.4, -0.2) is 0 Å². The van der Waals surface area contributed by atoms with E-state index in [0.29, 0.717) is 0 Å². The smallest absolute Gasteiger partial charge is 0.385 e. The van der Waals surface area contributed by atoms with Crippen LogP contribution in [0.25, 0.3) is 0 Å². The van der Waals surface area contributed by atoms with Crippen molar-refractivity contribution < 1.29 is 18.1 Å². The summed E-state index contributed by atoms with van der Waals surface area (Å²) in [7, 11) is -4.42. The van der Waals surface area contributed by atoms with Crippen molar-refractivity contribution in [3.05, 3.63) is 85.0 Å². The molecule has 0 atom stereocenters. The van der Waals surface area contributed by atoms with Gasteiger partial charge in [-0.1, -0.05) is 138 Å². The molecule has 0 amide bonds. The van der Waals surface area contributed by atoms with Gasteiger partial charge in [0.05, 0.1) is 0 Å². The van der Waals surface area contributed by atoms with E-state index in [1.54, 1.807) is 0 Å². The highest BCUT2D eigenvalue weighted by Gasteiger charge is 2.39. The van der Waals surface area contributed by atoms with E-state index in [0.717, 1.165) is 207 Å². The minimum atomic E-state index is -4.42. The van der Waals surface area contributed by atoms with E-state index in [-0.39, 0.29) is 0 Å². The van der Waals surface area contributed by atoms with Gasteiger partial charge in [-0.15, -0.1) is 0 Å². The van der Waals surface area contributed by atoms with Crippen molar-refractivity contribution in [2.75, 3.05) is 0 Å². The van der Waals surface area contributed by atoms with Crippen LogP contribution in [0.4, 0.5) is 0 Å². The maximum absolute atomic E-state index is 16.7. The maximum atomic E-state index is 16.7. The highest BCUT2D eigenvalue weighted by Crippen LogP contribution is 2.56. The van der Waals surface area contributed by atoms with E-state index in [1.165, 1.54) is 50.1 Å². The molecular formula is C57H93O4P. The first-order chi connectivity index (χ1) is 30.0. The molecule has 0 bridgehead atoms. The monoisotopic (exact) mass is 873 g/mol. The van der Waals surface area contributed by atoms with Crippen LogP contribution in [-0.2, 0) is 62.4 Å². The van der Waals surface area contributed by atoms with Crippen LogP contribution < -0.4 is 13.6 Å². The van der Waals surface area contributed by atoms with Gasteiger partial charge >= 0.3 is 7.82 Å². The Morgan fingerprint density at radius 2 is 0.516 bits per heavy atom. The lowest BCUT2D eigenvalue weighted by Gasteiger charge is -2.29. The first-order valence-corrected chi connectivity index (χ1v) is 27.6. The molecule has 0 radical (unpaired) electrons. The van der Waals surface area contributed by atoms with E-state index < -0.39 is 7.82 Å². The van der Waals surface area contributed by atoms with Crippen molar-refractivity contribution in [2.24, 2.45) is 0 Å². The van der Waals surface area contributed by atoms with E-state index in [4.69, 9.17) is 13.6 Å². The number of hydrogen-bond acceptors (Lipinski definition) is 4. The van der Waals surface area contributed by atoms with Crippen molar-refractivity contribution in [1.29, 1.82) is 0 Å². The lowest BCUT2D eigenvalue weighted by atomic mass is 9.90. The first-order valence-electron chi connectivity index (χ1n) is 26.1. The molecule has 5 heteroatoms. The number of aryl methyl sites for hydroxylation is 6. The standard InChI is InChI=1S/C57H93O4P/c1-13-22-31-46-40-49(34-25-16-4)52(37-28-19-7)55(43(46)10)59-62(58,60-56-44(11)47(32-23-14-2)41-50(35-26-17-5)53(56)38-29-20-8)61-57-45(12)48(33-24-15-3)42-51(36-27-18-6)54(57)39-30-21-9/h40-42H,13-39H2,1-12H3. The zero-order valence-corrected chi connectivity index (χ0v) is 43.3. The molecule has 0 aliphatic carbocycles. The second-order valence-electron chi connectivity index (χ2n) is 18.5. The highest BCUT2D eigenvalue weighted by atomic mass is 31.2. The number of phosphoric acid groups is 1. The van der Waals surface area contributed by atoms with Crippen LogP contribution in [0, 0.1) is 20.8 Å². The number of rotatable bonds is 33. The van der Waals surface area contributed by atoms with Gasteiger partial charge in [-0.05, 0) is 203 Å². The average Bonchev–Trinajstić information content (AvgIpc) is 3.27. The van der Waals surface area contributed by atoms with Gasteiger partial charge in [0.2, 0.25) is 0 Å². The lowest BCUT2D eigenvalue weighted by molar-refractivity contribution is 0.292. The zero-order chi connectivity index (χ0) is 45.5. The van der Waals surface area contributed by atoms with Gasteiger partial charge in [-0.25, -0.2) is 0 Å². The summed E-state index contributed by atoms with van der Waals surface area (Å²) in [6.07, 6.45) is 28.2. The quantitative estimate of drug-likeness (QED) is 0.0572. The Morgan fingerprint density at radius 3 is 0.726 bits per heavy atom. The zero-order valence-electron chi connectivity index (χ0n) is 42.4. The van der Waals surface area contributed by atoms with Crippen LogP contribution in [0.1, 0.15) is 245 Å². The third-order valence-corrected chi connectivity index (χ3v) is 14.5. The second kappa shape index (κ2) is 29.0. The highest BCUT2D eigenvalue weighted by molar-refractivity contribution is 7.49. The molecule has 4 nitrogen and oxygen atoms in total. The summed E-state index contributed by atoms with van der Waals surface area (Å²) in [6, 6.07) is 7.37. The molecule has 0 saturated heterocycles. The van der Waals surface area contributed by atoms with Gasteiger partial charge in [-0.2, -0.15) is 4.57 Å². The van der Waals surface area contributed by atoms with Crippen molar-refractivity contribution >= 4 is 7.82 Å². The third kappa shape index (κ3) is 15.5. The van der Waals surface area contributed by atoms with Crippen molar-refractivity contribution in [3.8, 4) is 17.2 Å². The molecule has 0 spiro atoms. The molecule has 3 aromatic carbocycles. The second-order valence-corrected chi connectivity index (χ2v) is 20.0. The number of unbranched alkanes of at least 4 members (excludes halogenated alkanes) is 9. The van der Waals surface area contributed by atoms with Gasteiger partial charge in [0.25, 0.3) is 0 Å². The lowest BCUT2D eigenvalue weighted by Crippen LogP contribution is -2.16. The fourth-order valence-corrected chi connectivity index (χ4v) is 10.6. The van der Waals surface area contributed by atoms with Gasteiger partial charge in [-0.3, -0.25) is 0 Å². The maximum Gasteiger partial charge on any atom is 0.647 e. The van der Waals surface area contributed by atoms with E-state index in [9.17, 15) is 0 Å². The fraction of sp³-hybridized carbons (Fsp3) is 0.684. The van der Waals surface area contributed by atoms with Crippen LogP contribution >= 0.6 is 7.82 Å². The predicted molar refractivity (Wildman–Crippen MR) is 271 cm³/mol. The van der Waals surface area contributed by atoms with E-state index >= 15 is 4.57 Å². The van der Waals surface area contributed by atoms with Gasteiger partial charge in [0.1, 0.15) is 17.2 Å². The molecule has 62 heavy (non-hydrogen) atoms. The Labute approximate surface area is 383 Å². The Bertz CT molecular complexity index is 1610. The molecule has 3 rings (SSSR count). The molecule has 0 unspecified atom stereocenters. The Kier molecular flexibility index (Phi) is 25.0. The largest absolute Gasteiger partial charge is 0.647 e. The third-order valence-electron chi connectivity index (χ3n) is 13.2. The first kappa shape index (κ1) is 53.6. The summed E-state index contributed by atoms with van der Waals surface area (Å²) in [6.45, 7) is 27.0. The summed E-state index contributed by atoms with van der Waals surface area (Å²) >= 11 is 0. The normalized spacial score (nSPS) is 11.7. The Hall–Kier alpha value is -2.71.